The van der Waals surface area contributed by atoms with E-state index >= 15 is 0 Å². The summed E-state index contributed by atoms with van der Waals surface area (Å²) in [5.74, 6) is 0. The molecule has 1 atom stereocenters. The first-order valence-corrected chi connectivity index (χ1v) is 7.71. The molecule has 0 amide bonds. The van der Waals surface area contributed by atoms with E-state index in [1.165, 1.54) is 17.5 Å². The minimum absolute atomic E-state index is 0.464. The Bertz CT molecular complexity index is 321. The Kier molecular flexibility index (Phi) is 8.52. The van der Waals surface area contributed by atoms with E-state index < -0.39 is 0 Å². The number of benzene rings is 1. The van der Waals surface area contributed by atoms with Crippen LogP contribution in [0.15, 0.2) is 24.3 Å². The third kappa shape index (κ3) is 6.22. The molecule has 1 unspecified atom stereocenters. The molecule has 0 saturated carbocycles. The molecule has 19 heavy (non-hydrogen) atoms. The number of hydrogen-bond donors (Lipinski definition) is 1. The summed E-state index contributed by atoms with van der Waals surface area (Å²) in [6.45, 7) is 9.23. The normalized spacial score (nSPS) is 12.6. The van der Waals surface area contributed by atoms with Gasteiger partial charge in [0.2, 0.25) is 0 Å². The molecule has 0 aromatic heterocycles. The van der Waals surface area contributed by atoms with Gasteiger partial charge in [0.15, 0.2) is 0 Å². The maximum absolute atomic E-state index is 5.43. The minimum atomic E-state index is 0.464. The minimum Gasteiger partial charge on any atom is -0.382 e. The van der Waals surface area contributed by atoms with Crippen LogP contribution >= 0.6 is 0 Å². The average molecular weight is 263 g/mol. The lowest BCUT2D eigenvalue weighted by molar-refractivity contribution is 0.141. The summed E-state index contributed by atoms with van der Waals surface area (Å²) in [5, 5.41) is 3.64. The third-order valence-corrected chi connectivity index (χ3v) is 3.42. The van der Waals surface area contributed by atoms with Crippen LogP contribution < -0.4 is 5.32 Å². The van der Waals surface area contributed by atoms with Crippen LogP contribution in [0.2, 0.25) is 0 Å². The molecule has 1 aromatic rings. The van der Waals surface area contributed by atoms with Crippen molar-refractivity contribution in [1.29, 1.82) is 0 Å². The van der Waals surface area contributed by atoms with Crippen LogP contribution in [0.25, 0.3) is 0 Å². The number of nitrogens with one attached hydrogen (secondary N) is 1. The van der Waals surface area contributed by atoms with E-state index in [-0.39, 0.29) is 0 Å². The molecule has 0 aliphatic heterocycles. The molecule has 0 saturated heterocycles. The highest BCUT2D eigenvalue weighted by atomic mass is 16.5. The molecule has 0 heterocycles. The fourth-order valence-corrected chi connectivity index (χ4v) is 2.22. The van der Waals surface area contributed by atoms with Gasteiger partial charge in [-0.05, 0) is 50.3 Å². The number of aryl methyl sites for hydroxylation is 1. The topological polar surface area (TPSA) is 21.3 Å². The maximum atomic E-state index is 5.43. The van der Waals surface area contributed by atoms with Gasteiger partial charge >= 0.3 is 0 Å². The van der Waals surface area contributed by atoms with Crippen LogP contribution in [0.3, 0.4) is 0 Å². The highest BCUT2D eigenvalue weighted by molar-refractivity contribution is 5.25. The number of rotatable bonds is 10. The van der Waals surface area contributed by atoms with Crippen molar-refractivity contribution >= 4 is 0 Å². The summed E-state index contributed by atoms with van der Waals surface area (Å²) in [4.78, 5) is 0. The van der Waals surface area contributed by atoms with Gasteiger partial charge in [-0.1, -0.05) is 38.1 Å². The summed E-state index contributed by atoms with van der Waals surface area (Å²) in [5.41, 5.74) is 2.81. The zero-order valence-electron chi connectivity index (χ0n) is 12.7. The fourth-order valence-electron chi connectivity index (χ4n) is 2.22. The maximum Gasteiger partial charge on any atom is 0.0466 e. The van der Waals surface area contributed by atoms with E-state index in [2.05, 4.69) is 50.4 Å². The molecule has 1 aromatic carbocycles. The SMILES string of the molecule is CCCNC(CCCOCC)c1ccc(CC)cc1. The number of hydrogen-bond acceptors (Lipinski definition) is 2. The molecule has 0 spiro atoms. The van der Waals surface area contributed by atoms with E-state index in [0.717, 1.165) is 39.0 Å². The van der Waals surface area contributed by atoms with E-state index in [0.29, 0.717) is 6.04 Å². The smallest absolute Gasteiger partial charge is 0.0466 e. The Labute approximate surface area is 118 Å². The van der Waals surface area contributed by atoms with Gasteiger partial charge in [0.1, 0.15) is 0 Å². The molecule has 1 N–H and O–H groups in total. The molecule has 0 aliphatic rings. The molecule has 108 valence electrons. The Balaban J connectivity index is 2.55. The van der Waals surface area contributed by atoms with Gasteiger partial charge in [-0.2, -0.15) is 0 Å². The van der Waals surface area contributed by atoms with E-state index in [4.69, 9.17) is 4.74 Å². The van der Waals surface area contributed by atoms with Gasteiger partial charge in [-0.25, -0.2) is 0 Å². The van der Waals surface area contributed by atoms with Crippen LogP contribution in [-0.2, 0) is 11.2 Å². The molecular formula is C17H29NO. The van der Waals surface area contributed by atoms with Crippen molar-refractivity contribution in [1.82, 2.24) is 5.32 Å². The van der Waals surface area contributed by atoms with Gasteiger partial charge < -0.3 is 10.1 Å². The second-order valence-corrected chi connectivity index (χ2v) is 4.94. The fraction of sp³-hybridized carbons (Fsp3) is 0.647. The third-order valence-electron chi connectivity index (χ3n) is 3.42. The van der Waals surface area contributed by atoms with Crippen molar-refractivity contribution in [2.45, 2.75) is 52.5 Å². The lowest BCUT2D eigenvalue weighted by Crippen LogP contribution is -2.22. The Morgan fingerprint density at radius 2 is 1.84 bits per heavy atom. The van der Waals surface area contributed by atoms with Crippen molar-refractivity contribution in [3.8, 4) is 0 Å². The highest BCUT2D eigenvalue weighted by Crippen LogP contribution is 2.19. The second-order valence-electron chi connectivity index (χ2n) is 4.94. The van der Waals surface area contributed by atoms with E-state index in [9.17, 15) is 0 Å². The molecule has 0 fully saturated rings. The first kappa shape index (κ1) is 16.2. The predicted octanol–water partition coefficient (Wildman–Crippen LogP) is 4.11. The van der Waals surface area contributed by atoms with Crippen molar-refractivity contribution in [3.63, 3.8) is 0 Å². The molecule has 0 bridgehead atoms. The predicted molar refractivity (Wildman–Crippen MR) is 82.6 cm³/mol. The van der Waals surface area contributed by atoms with Gasteiger partial charge in [-0.15, -0.1) is 0 Å². The summed E-state index contributed by atoms with van der Waals surface area (Å²) < 4.78 is 5.43. The summed E-state index contributed by atoms with van der Waals surface area (Å²) in [7, 11) is 0. The quantitative estimate of drug-likeness (QED) is 0.642. The van der Waals surface area contributed by atoms with Gasteiger partial charge in [0.25, 0.3) is 0 Å². The zero-order valence-corrected chi connectivity index (χ0v) is 12.7. The lowest BCUT2D eigenvalue weighted by Gasteiger charge is -2.19. The summed E-state index contributed by atoms with van der Waals surface area (Å²) >= 11 is 0. The lowest BCUT2D eigenvalue weighted by atomic mass is 10.00. The van der Waals surface area contributed by atoms with E-state index in [1.54, 1.807) is 0 Å². The van der Waals surface area contributed by atoms with Crippen molar-refractivity contribution in [3.05, 3.63) is 35.4 Å². The second kappa shape index (κ2) is 9.99. The largest absolute Gasteiger partial charge is 0.382 e. The first-order valence-electron chi connectivity index (χ1n) is 7.71. The van der Waals surface area contributed by atoms with Crippen molar-refractivity contribution in [2.24, 2.45) is 0 Å². The van der Waals surface area contributed by atoms with Gasteiger partial charge in [0.05, 0.1) is 0 Å². The average Bonchev–Trinajstić information content (AvgIpc) is 2.47. The van der Waals surface area contributed by atoms with Crippen LogP contribution in [0.5, 0.6) is 0 Å². The molecule has 0 aliphatic carbocycles. The Morgan fingerprint density at radius 3 is 2.42 bits per heavy atom. The molecule has 0 radical (unpaired) electrons. The Morgan fingerprint density at radius 1 is 1.11 bits per heavy atom. The monoisotopic (exact) mass is 263 g/mol. The summed E-state index contributed by atoms with van der Waals surface area (Å²) in [6, 6.07) is 9.50. The van der Waals surface area contributed by atoms with Crippen LogP contribution in [-0.4, -0.2) is 19.8 Å². The molecule has 1 rings (SSSR count). The summed E-state index contributed by atoms with van der Waals surface area (Å²) in [6.07, 6.45) is 4.54. The highest BCUT2D eigenvalue weighted by Gasteiger charge is 2.10. The molecule has 2 nitrogen and oxygen atoms in total. The van der Waals surface area contributed by atoms with E-state index in [1.807, 2.05) is 0 Å². The van der Waals surface area contributed by atoms with Gasteiger partial charge in [0, 0.05) is 19.3 Å². The van der Waals surface area contributed by atoms with Crippen molar-refractivity contribution < 1.29 is 4.74 Å². The number of ether oxygens (including phenoxy) is 1. The van der Waals surface area contributed by atoms with Crippen molar-refractivity contribution in [2.75, 3.05) is 19.8 Å². The van der Waals surface area contributed by atoms with Crippen LogP contribution in [0, 0.1) is 0 Å². The van der Waals surface area contributed by atoms with Crippen LogP contribution in [0.1, 0.15) is 57.2 Å². The van der Waals surface area contributed by atoms with Crippen LogP contribution in [0.4, 0.5) is 0 Å². The van der Waals surface area contributed by atoms with Gasteiger partial charge in [-0.3, -0.25) is 0 Å². The standard InChI is InChI=1S/C17H29NO/c1-4-13-18-17(8-7-14-19-6-3)16-11-9-15(5-2)10-12-16/h9-12,17-18H,4-8,13-14H2,1-3H3. The first-order chi connectivity index (χ1) is 9.31. The zero-order chi connectivity index (χ0) is 13.9. The molecular weight excluding hydrogens is 234 g/mol. The Hall–Kier alpha value is -0.860. The molecule has 2 heteroatoms.